The number of H-pyrrole nitrogens is 1. The number of benzene rings is 1. The van der Waals surface area contributed by atoms with E-state index in [-0.39, 0.29) is 34.0 Å². The number of ketones is 1. The molecule has 0 fully saturated rings. The lowest BCUT2D eigenvalue weighted by Crippen LogP contribution is -2.45. The lowest BCUT2D eigenvalue weighted by Gasteiger charge is -2.24. The SMILES string of the molecule is Cc1c(O)[nH]c(O)c1C(=O)[C@H](NC(=O)CC(NC(=O)c1cccc(F)n1)c1cccc([N+](=O)[O-])c1)C(C)C. The van der Waals surface area contributed by atoms with E-state index in [0.717, 1.165) is 6.07 Å². The zero-order valence-corrected chi connectivity index (χ0v) is 20.7. The van der Waals surface area contributed by atoms with Gasteiger partial charge in [-0.2, -0.15) is 4.39 Å². The van der Waals surface area contributed by atoms with Gasteiger partial charge >= 0.3 is 0 Å². The van der Waals surface area contributed by atoms with Gasteiger partial charge in [0.15, 0.2) is 11.7 Å². The Labute approximate surface area is 216 Å². The van der Waals surface area contributed by atoms with Crippen molar-refractivity contribution in [2.75, 3.05) is 0 Å². The number of aromatic nitrogens is 2. The van der Waals surface area contributed by atoms with Crippen molar-refractivity contribution in [2.24, 2.45) is 5.92 Å². The molecule has 5 N–H and O–H groups in total. The number of carbonyl (C=O) groups excluding carboxylic acids is 3. The first kappa shape index (κ1) is 27.8. The number of hydrogen-bond donors (Lipinski definition) is 5. The number of nitrogens with one attached hydrogen (secondary N) is 3. The summed E-state index contributed by atoms with van der Waals surface area (Å²) in [5.41, 5.74) is -0.400. The lowest BCUT2D eigenvalue weighted by atomic mass is 9.93. The van der Waals surface area contributed by atoms with E-state index in [1.807, 2.05) is 0 Å². The van der Waals surface area contributed by atoms with E-state index in [4.69, 9.17) is 0 Å². The third-order valence-electron chi connectivity index (χ3n) is 5.84. The molecule has 1 aromatic carbocycles. The maximum Gasteiger partial charge on any atom is 0.270 e. The van der Waals surface area contributed by atoms with Crippen molar-refractivity contribution in [1.29, 1.82) is 0 Å². The molecule has 200 valence electrons. The summed E-state index contributed by atoms with van der Waals surface area (Å²) in [6.45, 7) is 4.75. The van der Waals surface area contributed by atoms with Crippen LogP contribution in [0.2, 0.25) is 0 Å². The smallest absolute Gasteiger partial charge is 0.270 e. The highest BCUT2D eigenvalue weighted by molar-refractivity contribution is 6.05. The highest BCUT2D eigenvalue weighted by Crippen LogP contribution is 2.30. The number of hydrogen-bond acceptors (Lipinski definition) is 8. The maximum absolute atomic E-state index is 13.5. The predicted octanol–water partition coefficient (Wildman–Crippen LogP) is 3.06. The van der Waals surface area contributed by atoms with Crippen LogP contribution in [0.5, 0.6) is 11.8 Å². The average Bonchev–Trinajstić information content (AvgIpc) is 3.12. The maximum atomic E-state index is 13.5. The molecule has 12 nitrogen and oxygen atoms in total. The molecule has 2 atom stereocenters. The van der Waals surface area contributed by atoms with Crippen molar-refractivity contribution in [1.82, 2.24) is 20.6 Å². The molecule has 0 aliphatic heterocycles. The number of nitrogens with zero attached hydrogens (tertiary/aromatic N) is 2. The van der Waals surface area contributed by atoms with Crippen LogP contribution in [-0.2, 0) is 4.79 Å². The number of nitro groups is 1. The van der Waals surface area contributed by atoms with E-state index in [1.54, 1.807) is 13.8 Å². The molecule has 3 rings (SSSR count). The standard InChI is InChI=1S/C25H26FN5O7/c1-12(2)21(22(33)20-13(3)23(34)30-25(20)36)29-19(32)11-17(14-6-4-7-15(10-14)31(37)38)28-24(35)16-8-5-9-18(26)27-16/h4-10,12,17,21,30,34,36H,11H2,1-3H3,(H,28,35)(H,29,32)/t17?,21-/m1/s1. The number of non-ortho nitro benzene ring substituents is 1. The molecule has 2 aromatic heterocycles. The number of aromatic amines is 1. The average molecular weight is 528 g/mol. The van der Waals surface area contributed by atoms with Gasteiger partial charge in [-0.3, -0.25) is 29.5 Å². The largest absolute Gasteiger partial charge is 0.494 e. The molecular weight excluding hydrogens is 501 g/mol. The van der Waals surface area contributed by atoms with Crippen LogP contribution >= 0.6 is 0 Å². The van der Waals surface area contributed by atoms with E-state index in [1.165, 1.54) is 43.3 Å². The molecule has 0 saturated carbocycles. The second kappa shape index (κ2) is 11.5. The fourth-order valence-corrected chi connectivity index (χ4v) is 3.85. The molecule has 0 bridgehead atoms. The van der Waals surface area contributed by atoms with Gasteiger partial charge in [-0.25, -0.2) is 4.98 Å². The normalized spacial score (nSPS) is 12.6. The first-order chi connectivity index (χ1) is 17.9. The number of aromatic hydroxyl groups is 2. The highest BCUT2D eigenvalue weighted by Gasteiger charge is 2.32. The number of amides is 2. The minimum atomic E-state index is -1.12. The molecule has 2 amide bonds. The molecule has 38 heavy (non-hydrogen) atoms. The number of rotatable bonds is 10. The topological polar surface area (TPSA) is 188 Å². The Kier molecular flexibility index (Phi) is 8.40. The van der Waals surface area contributed by atoms with Crippen molar-refractivity contribution in [3.05, 3.63) is 80.9 Å². The van der Waals surface area contributed by atoms with Crippen molar-refractivity contribution in [3.63, 3.8) is 0 Å². The minimum Gasteiger partial charge on any atom is -0.494 e. The van der Waals surface area contributed by atoms with E-state index in [0.29, 0.717) is 0 Å². The summed E-state index contributed by atoms with van der Waals surface area (Å²) in [6.07, 6.45) is -0.442. The van der Waals surface area contributed by atoms with Gasteiger partial charge in [-0.05, 0) is 30.5 Å². The third kappa shape index (κ3) is 6.30. The summed E-state index contributed by atoms with van der Waals surface area (Å²) in [6, 6.07) is 6.65. The Morgan fingerprint density at radius 1 is 1.11 bits per heavy atom. The molecule has 13 heteroatoms. The summed E-state index contributed by atoms with van der Waals surface area (Å²) in [4.78, 5) is 55.4. The summed E-state index contributed by atoms with van der Waals surface area (Å²) in [5.74, 6) is -4.45. The van der Waals surface area contributed by atoms with Crippen LogP contribution in [0.25, 0.3) is 0 Å². The first-order valence-electron chi connectivity index (χ1n) is 11.5. The Hall–Kier alpha value is -4.81. The van der Waals surface area contributed by atoms with Crippen molar-refractivity contribution >= 4 is 23.3 Å². The van der Waals surface area contributed by atoms with Crippen LogP contribution in [0.3, 0.4) is 0 Å². The van der Waals surface area contributed by atoms with Gasteiger partial charge in [-0.1, -0.05) is 32.0 Å². The Morgan fingerprint density at radius 3 is 2.37 bits per heavy atom. The first-order valence-corrected chi connectivity index (χ1v) is 11.5. The van der Waals surface area contributed by atoms with Crippen LogP contribution in [0.4, 0.5) is 10.1 Å². The number of Topliss-reactive ketones (excluding diaryl/α,β-unsaturated/α-hetero) is 1. The second-order valence-electron chi connectivity index (χ2n) is 8.90. The molecule has 0 spiro atoms. The van der Waals surface area contributed by atoms with Crippen LogP contribution in [-0.4, -0.2) is 48.7 Å². The number of halogens is 1. The quantitative estimate of drug-likeness (QED) is 0.115. The third-order valence-corrected chi connectivity index (χ3v) is 5.84. The summed E-state index contributed by atoms with van der Waals surface area (Å²) in [5, 5.41) is 36.3. The zero-order chi connectivity index (χ0) is 28.1. The van der Waals surface area contributed by atoms with Gasteiger partial charge in [0, 0.05) is 17.7 Å². The Balaban J connectivity index is 1.88. The fourth-order valence-electron chi connectivity index (χ4n) is 3.85. The second-order valence-corrected chi connectivity index (χ2v) is 8.90. The van der Waals surface area contributed by atoms with Crippen molar-refractivity contribution in [3.8, 4) is 11.8 Å². The van der Waals surface area contributed by atoms with Gasteiger partial charge in [-0.15, -0.1) is 0 Å². The summed E-state index contributed by atoms with van der Waals surface area (Å²) < 4.78 is 13.5. The van der Waals surface area contributed by atoms with Crippen LogP contribution in [0.1, 0.15) is 58.3 Å². The van der Waals surface area contributed by atoms with Gasteiger partial charge in [0.25, 0.3) is 11.6 Å². The molecule has 1 unspecified atom stereocenters. The lowest BCUT2D eigenvalue weighted by molar-refractivity contribution is -0.384. The Morgan fingerprint density at radius 2 is 1.79 bits per heavy atom. The summed E-state index contributed by atoms with van der Waals surface area (Å²) >= 11 is 0. The van der Waals surface area contributed by atoms with E-state index in [9.17, 15) is 39.1 Å². The zero-order valence-electron chi connectivity index (χ0n) is 20.7. The number of carbonyl (C=O) groups is 3. The molecule has 0 aliphatic carbocycles. The van der Waals surface area contributed by atoms with Crippen molar-refractivity contribution < 1.29 is 33.9 Å². The molecule has 0 radical (unpaired) electrons. The van der Waals surface area contributed by atoms with Gasteiger partial charge in [0.2, 0.25) is 17.7 Å². The van der Waals surface area contributed by atoms with Crippen LogP contribution in [0.15, 0.2) is 42.5 Å². The predicted molar refractivity (Wildman–Crippen MR) is 132 cm³/mol. The number of nitro benzene ring substituents is 1. The molecule has 2 heterocycles. The molecule has 3 aromatic rings. The van der Waals surface area contributed by atoms with Crippen molar-refractivity contribution in [2.45, 2.75) is 39.3 Å². The molecule has 0 saturated heterocycles. The Bertz CT molecular complexity index is 1390. The van der Waals surface area contributed by atoms with E-state index >= 15 is 0 Å². The van der Waals surface area contributed by atoms with Gasteiger partial charge in [0.05, 0.1) is 29.0 Å². The van der Waals surface area contributed by atoms with E-state index < -0.39 is 58.8 Å². The van der Waals surface area contributed by atoms with Gasteiger partial charge < -0.3 is 20.8 Å². The number of pyridine rings is 1. The van der Waals surface area contributed by atoms with E-state index in [2.05, 4.69) is 20.6 Å². The summed E-state index contributed by atoms with van der Waals surface area (Å²) in [7, 11) is 0. The molecular formula is C25H26FN5O7. The highest BCUT2D eigenvalue weighted by atomic mass is 19.1. The molecule has 0 aliphatic rings. The monoisotopic (exact) mass is 527 g/mol. The fraction of sp³-hybridized carbons (Fsp3) is 0.280. The van der Waals surface area contributed by atoms with Crippen LogP contribution in [0, 0.1) is 28.9 Å². The minimum absolute atomic E-state index is 0.108. The van der Waals surface area contributed by atoms with Gasteiger partial charge in [0.1, 0.15) is 5.69 Å². The van der Waals surface area contributed by atoms with Crippen LogP contribution < -0.4 is 10.6 Å².